The van der Waals surface area contributed by atoms with Gasteiger partial charge in [0, 0.05) is 33.8 Å². The first-order valence-electron chi connectivity index (χ1n) is 10.4. The van der Waals surface area contributed by atoms with Gasteiger partial charge in [0.15, 0.2) is 0 Å². The molecule has 2 nitrogen and oxygen atoms in total. The van der Waals surface area contributed by atoms with Gasteiger partial charge in [-0.15, -0.1) is 0 Å². The monoisotopic (exact) mass is 391 g/mol. The Balaban J connectivity index is 1.59. The van der Waals surface area contributed by atoms with Gasteiger partial charge in [0.1, 0.15) is 11.2 Å². The summed E-state index contributed by atoms with van der Waals surface area (Å²) < 4.78 is 6.14. The van der Waals surface area contributed by atoms with E-state index in [1.807, 2.05) is 18.2 Å². The molecule has 5 aromatic rings. The van der Waals surface area contributed by atoms with Crippen LogP contribution in [0.1, 0.15) is 20.8 Å². The molecule has 0 fully saturated rings. The molecule has 0 amide bonds. The molecule has 0 aliphatic carbocycles. The van der Waals surface area contributed by atoms with Gasteiger partial charge in [0.25, 0.3) is 0 Å². The fourth-order valence-electron chi connectivity index (χ4n) is 4.21. The number of hydrogen-bond acceptors (Lipinski definition) is 2. The van der Waals surface area contributed by atoms with Crippen LogP contribution in [0.4, 0.5) is 11.4 Å². The van der Waals surface area contributed by atoms with E-state index in [4.69, 9.17) is 4.42 Å². The quantitative estimate of drug-likeness (QED) is 0.308. The number of hydrogen-bond donors (Lipinski definition) is 0. The van der Waals surface area contributed by atoms with Crippen molar-refractivity contribution in [3.63, 3.8) is 0 Å². The predicted molar refractivity (Wildman–Crippen MR) is 127 cm³/mol. The normalized spacial score (nSPS) is 11.8. The van der Waals surface area contributed by atoms with E-state index < -0.39 is 0 Å². The van der Waals surface area contributed by atoms with Crippen LogP contribution >= 0.6 is 0 Å². The highest BCUT2D eigenvalue weighted by molar-refractivity contribution is 6.05. The number of anilines is 2. The molecule has 4 aromatic carbocycles. The third-order valence-corrected chi connectivity index (χ3v) is 5.52. The second kappa shape index (κ2) is 7.07. The van der Waals surface area contributed by atoms with Crippen LogP contribution in [0.2, 0.25) is 0 Å². The highest BCUT2D eigenvalue weighted by Crippen LogP contribution is 2.38. The summed E-state index contributed by atoms with van der Waals surface area (Å²) in [5, 5.41) is 2.32. The molecular formula is C28H25NO. The first-order chi connectivity index (χ1) is 14.5. The number of rotatable bonds is 3. The molecule has 0 saturated heterocycles. The fourth-order valence-corrected chi connectivity index (χ4v) is 4.21. The summed E-state index contributed by atoms with van der Waals surface area (Å²) in [6.45, 7) is 6.71. The van der Waals surface area contributed by atoms with Crippen molar-refractivity contribution in [2.75, 3.05) is 4.90 Å². The lowest BCUT2D eigenvalue weighted by Crippen LogP contribution is -2.37. The molecule has 148 valence electrons. The van der Waals surface area contributed by atoms with Gasteiger partial charge < -0.3 is 9.32 Å². The Morgan fingerprint density at radius 2 is 1.17 bits per heavy atom. The fraction of sp³-hybridized carbons (Fsp3) is 0.143. The van der Waals surface area contributed by atoms with Crippen LogP contribution in [0.15, 0.2) is 101 Å². The Morgan fingerprint density at radius 1 is 0.567 bits per heavy atom. The van der Waals surface area contributed by atoms with Crippen molar-refractivity contribution in [2.45, 2.75) is 26.3 Å². The van der Waals surface area contributed by atoms with Crippen molar-refractivity contribution in [3.05, 3.63) is 97.1 Å². The van der Waals surface area contributed by atoms with Crippen LogP contribution in [0.25, 0.3) is 33.1 Å². The molecule has 0 N–H and O–H groups in total. The van der Waals surface area contributed by atoms with Gasteiger partial charge in [-0.2, -0.15) is 0 Å². The maximum absolute atomic E-state index is 6.14. The third-order valence-electron chi connectivity index (χ3n) is 5.52. The summed E-state index contributed by atoms with van der Waals surface area (Å²) in [5.74, 6) is 0. The van der Waals surface area contributed by atoms with Crippen LogP contribution in [-0.4, -0.2) is 5.54 Å². The maximum Gasteiger partial charge on any atom is 0.137 e. The van der Waals surface area contributed by atoms with Gasteiger partial charge in [0.2, 0.25) is 0 Å². The predicted octanol–water partition coefficient (Wildman–Crippen LogP) is 8.19. The van der Waals surface area contributed by atoms with E-state index >= 15 is 0 Å². The number of nitrogens with zero attached hydrogens (tertiary/aromatic N) is 1. The van der Waals surface area contributed by atoms with Crippen molar-refractivity contribution in [1.29, 1.82) is 0 Å². The van der Waals surface area contributed by atoms with Crippen LogP contribution in [0, 0.1) is 0 Å². The van der Waals surface area contributed by atoms with E-state index in [2.05, 4.69) is 105 Å². The largest absolute Gasteiger partial charge is 0.456 e. The Morgan fingerprint density at radius 3 is 1.90 bits per heavy atom. The maximum atomic E-state index is 6.14. The van der Waals surface area contributed by atoms with Gasteiger partial charge in [-0.05, 0) is 62.2 Å². The molecule has 0 unspecified atom stereocenters. The highest BCUT2D eigenvalue weighted by Gasteiger charge is 2.24. The Kier molecular flexibility index (Phi) is 4.36. The molecule has 0 atom stereocenters. The summed E-state index contributed by atoms with van der Waals surface area (Å²) in [6, 6.07) is 34.0. The molecule has 1 aromatic heterocycles. The summed E-state index contributed by atoms with van der Waals surface area (Å²) >= 11 is 0. The molecule has 0 saturated carbocycles. The minimum absolute atomic E-state index is 0.0893. The lowest BCUT2D eigenvalue weighted by Gasteiger charge is -2.38. The van der Waals surface area contributed by atoms with Gasteiger partial charge in [-0.3, -0.25) is 0 Å². The molecule has 30 heavy (non-hydrogen) atoms. The average Bonchev–Trinajstić information content (AvgIpc) is 3.12. The molecule has 0 spiro atoms. The van der Waals surface area contributed by atoms with E-state index in [9.17, 15) is 0 Å². The molecule has 0 aliphatic heterocycles. The van der Waals surface area contributed by atoms with Crippen LogP contribution in [0.5, 0.6) is 0 Å². The standard InChI is InChI=1S/C28H25NO/c1-28(2,3)29(22-15-13-21(14-16-22)20-9-5-4-6-10-20)23-17-18-25-24-11-7-8-12-26(24)30-27(25)19-23/h4-19H,1-3H3. The van der Waals surface area contributed by atoms with E-state index in [1.54, 1.807) is 0 Å². The van der Waals surface area contributed by atoms with E-state index in [0.29, 0.717) is 0 Å². The van der Waals surface area contributed by atoms with E-state index in [-0.39, 0.29) is 5.54 Å². The summed E-state index contributed by atoms with van der Waals surface area (Å²) in [7, 11) is 0. The summed E-state index contributed by atoms with van der Waals surface area (Å²) in [4.78, 5) is 2.37. The molecule has 2 heteroatoms. The van der Waals surface area contributed by atoms with Crippen molar-refractivity contribution in [1.82, 2.24) is 0 Å². The van der Waals surface area contributed by atoms with E-state index in [1.165, 1.54) is 11.1 Å². The molecular weight excluding hydrogens is 366 g/mol. The molecule has 1 heterocycles. The lowest BCUT2D eigenvalue weighted by molar-refractivity contribution is 0.560. The minimum Gasteiger partial charge on any atom is -0.456 e. The second-order valence-corrected chi connectivity index (χ2v) is 8.70. The smallest absolute Gasteiger partial charge is 0.137 e. The number of benzene rings is 4. The second-order valence-electron chi connectivity index (χ2n) is 8.70. The van der Waals surface area contributed by atoms with Crippen molar-refractivity contribution < 1.29 is 4.42 Å². The number of para-hydroxylation sites is 1. The zero-order chi connectivity index (χ0) is 20.7. The van der Waals surface area contributed by atoms with Gasteiger partial charge >= 0.3 is 0 Å². The van der Waals surface area contributed by atoms with Crippen molar-refractivity contribution >= 4 is 33.3 Å². The zero-order valence-corrected chi connectivity index (χ0v) is 17.6. The number of furan rings is 1. The summed E-state index contributed by atoms with van der Waals surface area (Å²) in [5.41, 5.74) is 6.51. The SMILES string of the molecule is CC(C)(C)N(c1ccc(-c2ccccc2)cc1)c1ccc2c(c1)oc1ccccc12. The molecule has 0 bridgehead atoms. The number of fused-ring (bicyclic) bond motifs is 3. The highest BCUT2D eigenvalue weighted by atomic mass is 16.3. The van der Waals surface area contributed by atoms with Crippen molar-refractivity contribution in [2.24, 2.45) is 0 Å². The van der Waals surface area contributed by atoms with Crippen molar-refractivity contribution in [3.8, 4) is 11.1 Å². The van der Waals surface area contributed by atoms with Crippen LogP contribution in [0.3, 0.4) is 0 Å². The van der Waals surface area contributed by atoms with E-state index in [0.717, 1.165) is 33.3 Å². The first kappa shape index (κ1) is 18.5. The first-order valence-corrected chi connectivity index (χ1v) is 10.4. The van der Waals surface area contributed by atoms with Crippen LogP contribution in [-0.2, 0) is 0 Å². The average molecular weight is 392 g/mol. The molecule has 0 radical (unpaired) electrons. The lowest BCUT2D eigenvalue weighted by atomic mass is 10.0. The topological polar surface area (TPSA) is 16.4 Å². The Hall–Kier alpha value is -3.52. The van der Waals surface area contributed by atoms with Crippen LogP contribution < -0.4 is 4.90 Å². The minimum atomic E-state index is -0.0893. The van der Waals surface area contributed by atoms with Gasteiger partial charge in [-0.25, -0.2) is 0 Å². The Labute approximate surface area is 177 Å². The third kappa shape index (κ3) is 3.25. The molecule has 5 rings (SSSR count). The molecule has 0 aliphatic rings. The zero-order valence-electron chi connectivity index (χ0n) is 17.6. The van der Waals surface area contributed by atoms with Gasteiger partial charge in [0.05, 0.1) is 0 Å². The summed E-state index contributed by atoms with van der Waals surface area (Å²) in [6.07, 6.45) is 0. The van der Waals surface area contributed by atoms with Gasteiger partial charge in [-0.1, -0.05) is 60.7 Å². The Bertz CT molecular complexity index is 1310.